The Kier molecular flexibility index (Phi) is 4.78. The molecule has 2 aromatic heterocycles. The van der Waals surface area contributed by atoms with Crippen molar-refractivity contribution >= 4 is 5.97 Å². The number of benzene rings is 2. The van der Waals surface area contributed by atoms with E-state index in [1.54, 1.807) is 0 Å². The first-order chi connectivity index (χ1) is 15.5. The van der Waals surface area contributed by atoms with Crippen LogP contribution >= 0.6 is 0 Å². The van der Waals surface area contributed by atoms with Crippen molar-refractivity contribution in [3.8, 4) is 33.8 Å². The van der Waals surface area contributed by atoms with Crippen LogP contribution in [0.25, 0.3) is 33.8 Å². The van der Waals surface area contributed by atoms with Crippen molar-refractivity contribution in [2.45, 2.75) is 26.4 Å². The lowest BCUT2D eigenvalue weighted by atomic mass is 9.94. The fraction of sp³-hybridized carbons (Fsp3) is 0.192. The Morgan fingerprint density at radius 3 is 2.25 bits per heavy atom. The van der Waals surface area contributed by atoms with Crippen molar-refractivity contribution in [3.63, 3.8) is 0 Å². The standard InChI is InChI=1S/C26H23N3O3/c1-16(2)21-15-29-25(20-13-22(30)19(26(31)32)14-28(20)21)23(17-9-5-3-6-10-17)24(27-29)18-11-7-4-8-12-18/h3-14,16,21H,15H2,1-2H3,(H,31,32)/t21-/m0/s1. The SMILES string of the molecule is CC(C)[C@@H]1Cn2nc(-c3ccccc3)c(-c3ccccc3)c2-c2cc(=O)c(C(=O)O)cn21. The highest BCUT2D eigenvalue weighted by molar-refractivity contribution is 5.92. The smallest absolute Gasteiger partial charge is 0.341 e. The molecule has 160 valence electrons. The molecular weight excluding hydrogens is 402 g/mol. The average Bonchev–Trinajstić information content (AvgIpc) is 3.19. The molecule has 1 aliphatic heterocycles. The van der Waals surface area contributed by atoms with E-state index in [1.807, 2.05) is 69.9 Å². The summed E-state index contributed by atoms with van der Waals surface area (Å²) in [5.74, 6) is -0.990. The highest BCUT2D eigenvalue weighted by atomic mass is 16.4. The number of rotatable bonds is 4. The molecule has 0 bridgehead atoms. The van der Waals surface area contributed by atoms with Crippen LogP contribution in [0.4, 0.5) is 0 Å². The second-order valence-electron chi connectivity index (χ2n) is 8.45. The minimum atomic E-state index is -1.21. The summed E-state index contributed by atoms with van der Waals surface area (Å²) in [6.45, 7) is 4.78. The third-order valence-corrected chi connectivity index (χ3v) is 6.10. The van der Waals surface area contributed by atoms with E-state index in [9.17, 15) is 14.7 Å². The molecule has 0 spiro atoms. The zero-order valence-electron chi connectivity index (χ0n) is 17.9. The number of nitrogens with zero attached hydrogens (tertiary/aromatic N) is 3. The molecule has 6 nitrogen and oxygen atoms in total. The number of aromatic nitrogens is 3. The van der Waals surface area contributed by atoms with E-state index < -0.39 is 11.4 Å². The molecule has 0 unspecified atom stereocenters. The zero-order valence-corrected chi connectivity index (χ0v) is 17.9. The highest BCUT2D eigenvalue weighted by Crippen LogP contribution is 2.43. The van der Waals surface area contributed by atoms with Crippen molar-refractivity contribution in [2.24, 2.45) is 5.92 Å². The van der Waals surface area contributed by atoms with E-state index in [-0.39, 0.29) is 17.5 Å². The van der Waals surface area contributed by atoms with Gasteiger partial charge in [-0.3, -0.25) is 9.48 Å². The summed E-state index contributed by atoms with van der Waals surface area (Å²) in [7, 11) is 0. The first-order valence-corrected chi connectivity index (χ1v) is 10.7. The van der Waals surface area contributed by atoms with Crippen molar-refractivity contribution in [1.82, 2.24) is 14.3 Å². The van der Waals surface area contributed by atoms with E-state index in [0.717, 1.165) is 28.1 Å². The molecule has 5 rings (SSSR count). The quantitative estimate of drug-likeness (QED) is 0.502. The van der Waals surface area contributed by atoms with Gasteiger partial charge in [0.25, 0.3) is 0 Å². The third kappa shape index (κ3) is 3.15. The molecule has 0 fully saturated rings. The van der Waals surface area contributed by atoms with Crippen LogP contribution in [-0.4, -0.2) is 25.4 Å². The fourth-order valence-corrected chi connectivity index (χ4v) is 4.50. The number of pyridine rings is 1. The Morgan fingerprint density at radius 2 is 1.66 bits per heavy atom. The number of carboxylic acids is 1. The van der Waals surface area contributed by atoms with Gasteiger partial charge in [-0.15, -0.1) is 0 Å². The van der Waals surface area contributed by atoms with Crippen LogP contribution < -0.4 is 5.43 Å². The summed E-state index contributed by atoms with van der Waals surface area (Å²) in [4.78, 5) is 24.4. The van der Waals surface area contributed by atoms with Gasteiger partial charge in [0.05, 0.1) is 24.0 Å². The topological polar surface area (TPSA) is 77.1 Å². The minimum absolute atomic E-state index is 0.0247. The Balaban J connectivity index is 1.87. The molecule has 1 atom stereocenters. The molecule has 6 heteroatoms. The summed E-state index contributed by atoms with van der Waals surface area (Å²) >= 11 is 0. The first-order valence-electron chi connectivity index (χ1n) is 10.7. The molecule has 3 heterocycles. The van der Waals surface area contributed by atoms with Crippen LogP contribution in [0.2, 0.25) is 0 Å². The number of fused-ring (bicyclic) bond motifs is 3. The van der Waals surface area contributed by atoms with Crippen molar-refractivity contribution in [3.05, 3.63) is 88.7 Å². The molecule has 0 saturated carbocycles. The predicted molar refractivity (Wildman–Crippen MR) is 124 cm³/mol. The van der Waals surface area contributed by atoms with Crippen LogP contribution in [0.1, 0.15) is 30.2 Å². The van der Waals surface area contributed by atoms with Gasteiger partial charge in [-0.1, -0.05) is 74.5 Å². The van der Waals surface area contributed by atoms with Gasteiger partial charge in [-0.2, -0.15) is 5.10 Å². The lowest BCUT2D eigenvalue weighted by molar-refractivity contribution is 0.0694. The lowest BCUT2D eigenvalue weighted by Gasteiger charge is -2.32. The molecule has 4 aromatic rings. The van der Waals surface area contributed by atoms with Gasteiger partial charge >= 0.3 is 5.97 Å². The molecule has 0 radical (unpaired) electrons. The second-order valence-corrected chi connectivity index (χ2v) is 8.45. The minimum Gasteiger partial charge on any atom is -0.477 e. The van der Waals surface area contributed by atoms with Crippen LogP contribution in [0.3, 0.4) is 0 Å². The normalized spacial score (nSPS) is 14.8. The van der Waals surface area contributed by atoms with Gasteiger partial charge in [0, 0.05) is 23.4 Å². The molecule has 2 aromatic carbocycles. The number of carbonyl (C=O) groups is 1. The zero-order chi connectivity index (χ0) is 22.4. The monoisotopic (exact) mass is 425 g/mol. The summed E-state index contributed by atoms with van der Waals surface area (Å²) in [6.07, 6.45) is 1.50. The molecule has 0 saturated heterocycles. The van der Waals surface area contributed by atoms with Gasteiger partial charge in [-0.05, 0) is 11.5 Å². The van der Waals surface area contributed by atoms with E-state index in [0.29, 0.717) is 12.2 Å². The van der Waals surface area contributed by atoms with Crippen molar-refractivity contribution in [1.29, 1.82) is 0 Å². The predicted octanol–water partition coefficient (Wildman–Crippen LogP) is 4.95. The fourth-order valence-electron chi connectivity index (χ4n) is 4.50. The number of hydrogen-bond donors (Lipinski definition) is 1. The molecule has 1 aliphatic rings. The van der Waals surface area contributed by atoms with E-state index in [1.165, 1.54) is 12.3 Å². The molecule has 0 aliphatic carbocycles. The molecule has 1 N–H and O–H groups in total. The summed E-state index contributed by atoms with van der Waals surface area (Å²) in [5.41, 5.74) is 4.59. The Morgan fingerprint density at radius 1 is 1.03 bits per heavy atom. The summed E-state index contributed by atoms with van der Waals surface area (Å²) in [5, 5.41) is 14.5. The molecular formula is C26H23N3O3. The number of aromatic carboxylic acids is 1. The van der Waals surface area contributed by atoms with Gasteiger partial charge in [0.2, 0.25) is 0 Å². The average molecular weight is 425 g/mol. The molecule has 0 amide bonds. The third-order valence-electron chi connectivity index (χ3n) is 6.10. The van der Waals surface area contributed by atoms with E-state index >= 15 is 0 Å². The maximum Gasteiger partial charge on any atom is 0.341 e. The van der Waals surface area contributed by atoms with Crippen molar-refractivity contribution < 1.29 is 9.90 Å². The van der Waals surface area contributed by atoms with E-state index in [4.69, 9.17) is 5.10 Å². The van der Waals surface area contributed by atoms with Crippen molar-refractivity contribution in [2.75, 3.05) is 0 Å². The highest BCUT2D eigenvalue weighted by Gasteiger charge is 2.33. The first kappa shape index (κ1) is 20.0. The van der Waals surface area contributed by atoms with Crippen LogP contribution in [0, 0.1) is 5.92 Å². The van der Waals surface area contributed by atoms with Crippen LogP contribution in [0.15, 0.2) is 77.7 Å². The maximum absolute atomic E-state index is 12.7. The maximum atomic E-state index is 12.7. The van der Waals surface area contributed by atoms with Crippen LogP contribution in [-0.2, 0) is 6.54 Å². The van der Waals surface area contributed by atoms with Crippen LogP contribution in [0.5, 0.6) is 0 Å². The Bertz CT molecular complexity index is 1370. The number of carboxylic acid groups (broad SMARTS) is 1. The summed E-state index contributed by atoms with van der Waals surface area (Å²) in [6, 6.07) is 21.4. The number of hydrogen-bond acceptors (Lipinski definition) is 3. The van der Waals surface area contributed by atoms with Gasteiger partial charge in [0.1, 0.15) is 11.3 Å². The lowest BCUT2D eigenvalue weighted by Crippen LogP contribution is -2.31. The largest absolute Gasteiger partial charge is 0.477 e. The molecule has 32 heavy (non-hydrogen) atoms. The van der Waals surface area contributed by atoms with Gasteiger partial charge in [0.15, 0.2) is 5.43 Å². The van der Waals surface area contributed by atoms with Gasteiger partial charge < -0.3 is 9.67 Å². The Labute approximate surface area is 185 Å². The second kappa shape index (κ2) is 7.64. The Hall–Kier alpha value is -3.93. The summed E-state index contributed by atoms with van der Waals surface area (Å²) < 4.78 is 3.93. The van der Waals surface area contributed by atoms with Gasteiger partial charge in [-0.25, -0.2) is 4.79 Å². The van der Waals surface area contributed by atoms with E-state index in [2.05, 4.69) is 13.8 Å².